The van der Waals surface area contributed by atoms with Crippen LogP contribution in [0.4, 0.5) is 5.82 Å². The van der Waals surface area contributed by atoms with E-state index in [2.05, 4.69) is 10.2 Å². The second-order valence-corrected chi connectivity index (χ2v) is 3.03. The van der Waals surface area contributed by atoms with Gasteiger partial charge in [-0.3, -0.25) is 5.10 Å². The molecule has 1 aromatic heterocycles. The van der Waals surface area contributed by atoms with Crippen molar-refractivity contribution in [2.24, 2.45) is 0 Å². The van der Waals surface area contributed by atoms with Crippen LogP contribution in [-0.2, 0) is 0 Å². The molecule has 0 spiro atoms. The third-order valence-electron chi connectivity index (χ3n) is 1.81. The molecule has 0 aliphatic rings. The number of hydrogen-bond acceptors (Lipinski definition) is 2. The van der Waals surface area contributed by atoms with Gasteiger partial charge >= 0.3 is 0 Å². The maximum atomic E-state index is 5.86. The lowest BCUT2D eigenvalue weighted by molar-refractivity contribution is 1.10. The van der Waals surface area contributed by atoms with Gasteiger partial charge in [0, 0.05) is 0 Å². The number of nitrogens with two attached hydrogens (primary N) is 1. The van der Waals surface area contributed by atoms with Crippen molar-refractivity contribution in [2.45, 2.75) is 0 Å². The molecular formula is C9H8ClN3. The lowest BCUT2D eigenvalue weighted by Gasteiger charge is -1.98. The van der Waals surface area contributed by atoms with Crippen LogP contribution in [0.3, 0.4) is 0 Å². The molecule has 1 aromatic carbocycles. The number of anilines is 1. The Kier molecular flexibility index (Phi) is 1.94. The van der Waals surface area contributed by atoms with E-state index >= 15 is 0 Å². The van der Waals surface area contributed by atoms with Crippen LogP contribution in [0.2, 0.25) is 5.15 Å². The SMILES string of the molecule is Nc1[nH]nc(Cl)c1-c1ccccc1. The average molecular weight is 194 g/mol. The largest absolute Gasteiger partial charge is 0.384 e. The summed E-state index contributed by atoms with van der Waals surface area (Å²) in [6.07, 6.45) is 0. The number of aromatic amines is 1. The molecule has 13 heavy (non-hydrogen) atoms. The van der Waals surface area contributed by atoms with E-state index in [9.17, 15) is 0 Å². The molecule has 0 atom stereocenters. The van der Waals surface area contributed by atoms with Gasteiger partial charge in [0.05, 0.1) is 5.56 Å². The molecule has 0 bridgehead atoms. The summed E-state index contributed by atoms with van der Waals surface area (Å²) in [4.78, 5) is 0. The third kappa shape index (κ3) is 1.38. The minimum atomic E-state index is 0.406. The normalized spacial score (nSPS) is 10.2. The lowest BCUT2D eigenvalue weighted by Crippen LogP contribution is -1.87. The van der Waals surface area contributed by atoms with E-state index in [-0.39, 0.29) is 0 Å². The van der Waals surface area contributed by atoms with Gasteiger partial charge in [-0.05, 0) is 5.56 Å². The molecule has 0 aliphatic heterocycles. The first kappa shape index (κ1) is 8.13. The summed E-state index contributed by atoms with van der Waals surface area (Å²) in [6.45, 7) is 0. The summed E-state index contributed by atoms with van der Waals surface area (Å²) < 4.78 is 0. The molecule has 0 unspecified atom stereocenters. The van der Waals surface area contributed by atoms with Gasteiger partial charge in [0.15, 0.2) is 5.15 Å². The molecule has 0 saturated heterocycles. The fourth-order valence-corrected chi connectivity index (χ4v) is 1.46. The van der Waals surface area contributed by atoms with Gasteiger partial charge in [0.25, 0.3) is 0 Å². The van der Waals surface area contributed by atoms with Crippen molar-refractivity contribution in [3.63, 3.8) is 0 Å². The van der Waals surface area contributed by atoms with Crippen molar-refractivity contribution in [1.82, 2.24) is 10.2 Å². The smallest absolute Gasteiger partial charge is 0.160 e. The topological polar surface area (TPSA) is 54.7 Å². The molecule has 66 valence electrons. The standard InChI is InChI=1S/C9H8ClN3/c10-8-7(9(11)13-12-8)6-4-2-1-3-5-6/h1-5H,(H3,11,12,13). The monoisotopic (exact) mass is 193 g/mol. The number of halogens is 1. The zero-order valence-electron chi connectivity index (χ0n) is 6.79. The van der Waals surface area contributed by atoms with Gasteiger partial charge < -0.3 is 5.73 Å². The molecule has 2 rings (SSSR count). The van der Waals surface area contributed by atoms with Crippen molar-refractivity contribution >= 4 is 17.4 Å². The Hall–Kier alpha value is -1.48. The predicted octanol–water partition coefficient (Wildman–Crippen LogP) is 2.31. The van der Waals surface area contributed by atoms with Gasteiger partial charge in [-0.25, -0.2) is 0 Å². The highest BCUT2D eigenvalue weighted by atomic mass is 35.5. The van der Waals surface area contributed by atoms with E-state index in [1.165, 1.54) is 0 Å². The fraction of sp³-hybridized carbons (Fsp3) is 0. The molecule has 0 fully saturated rings. The Morgan fingerprint density at radius 2 is 1.92 bits per heavy atom. The van der Waals surface area contributed by atoms with Gasteiger partial charge in [0.2, 0.25) is 0 Å². The van der Waals surface area contributed by atoms with Crippen molar-refractivity contribution in [3.05, 3.63) is 35.5 Å². The molecule has 0 aliphatic carbocycles. The van der Waals surface area contributed by atoms with Crippen LogP contribution in [0.15, 0.2) is 30.3 Å². The summed E-state index contributed by atoms with van der Waals surface area (Å²) in [6, 6.07) is 9.67. The van der Waals surface area contributed by atoms with Crippen LogP contribution in [0.5, 0.6) is 0 Å². The van der Waals surface area contributed by atoms with Crippen molar-refractivity contribution < 1.29 is 0 Å². The van der Waals surface area contributed by atoms with E-state index in [4.69, 9.17) is 17.3 Å². The third-order valence-corrected chi connectivity index (χ3v) is 2.09. The van der Waals surface area contributed by atoms with E-state index in [0.29, 0.717) is 11.0 Å². The Labute approximate surface area is 80.5 Å². The first-order valence-electron chi connectivity index (χ1n) is 3.84. The number of benzene rings is 1. The molecule has 3 nitrogen and oxygen atoms in total. The first-order valence-corrected chi connectivity index (χ1v) is 4.21. The summed E-state index contributed by atoms with van der Waals surface area (Å²) in [7, 11) is 0. The second-order valence-electron chi connectivity index (χ2n) is 2.67. The lowest BCUT2D eigenvalue weighted by atomic mass is 10.1. The molecular weight excluding hydrogens is 186 g/mol. The molecule has 1 heterocycles. The fourth-order valence-electron chi connectivity index (χ4n) is 1.21. The van der Waals surface area contributed by atoms with Crippen LogP contribution in [0, 0.1) is 0 Å². The number of rotatable bonds is 1. The van der Waals surface area contributed by atoms with Crippen LogP contribution in [0.1, 0.15) is 0 Å². The van der Waals surface area contributed by atoms with Crippen LogP contribution < -0.4 is 5.73 Å². The number of H-pyrrole nitrogens is 1. The molecule has 0 amide bonds. The van der Waals surface area contributed by atoms with Crippen LogP contribution in [-0.4, -0.2) is 10.2 Å². The minimum absolute atomic E-state index is 0.406. The van der Waals surface area contributed by atoms with Crippen LogP contribution >= 0.6 is 11.6 Å². The highest BCUT2D eigenvalue weighted by Gasteiger charge is 2.09. The quantitative estimate of drug-likeness (QED) is 0.730. The van der Waals surface area contributed by atoms with Crippen molar-refractivity contribution in [1.29, 1.82) is 0 Å². The van der Waals surface area contributed by atoms with Gasteiger partial charge in [-0.15, -0.1) is 0 Å². The van der Waals surface area contributed by atoms with E-state index in [0.717, 1.165) is 11.1 Å². The zero-order valence-corrected chi connectivity index (χ0v) is 7.55. The first-order chi connectivity index (χ1) is 6.29. The Morgan fingerprint density at radius 1 is 1.23 bits per heavy atom. The number of nitrogens with one attached hydrogen (secondary N) is 1. The maximum absolute atomic E-state index is 5.86. The van der Waals surface area contributed by atoms with Crippen LogP contribution in [0.25, 0.3) is 11.1 Å². The Balaban J connectivity index is 2.59. The minimum Gasteiger partial charge on any atom is -0.384 e. The van der Waals surface area contributed by atoms with Crippen molar-refractivity contribution in [3.8, 4) is 11.1 Å². The Bertz CT molecular complexity index is 389. The molecule has 0 saturated carbocycles. The number of nitrogens with zero attached hydrogens (tertiary/aromatic N) is 1. The maximum Gasteiger partial charge on any atom is 0.160 e. The summed E-state index contributed by atoms with van der Waals surface area (Å²) in [5.41, 5.74) is 7.41. The second kappa shape index (κ2) is 3.11. The summed E-state index contributed by atoms with van der Waals surface area (Å²) >= 11 is 5.86. The summed E-state index contributed by atoms with van der Waals surface area (Å²) in [5.74, 6) is 0.496. The van der Waals surface area contributed by atoms with Crippen molar-refractivity contribution in [2.75, 3.05) is 5.73 Å². The molecule has 0 radical (unpaired) electrons. The zero-order chi connectivity index (χ0) is 9.26. The highest BCUT2D eigenvalue weighted by molar-refractivity contribution is 6.32. The van der Waals surface area contributed by atoms with E-state index < -0.39 is 0 Å². The average Bonchev–Trinajstić information content (AvgIpc) is 2.48. The molecule has 2 aromatic rings. The number of hydrogen-bond donors (Lipinski definition) is 2. The van der Waals surface area contributed by atoms with E-state index in [1.807, 2.05) is 30.3 Å². The van der Waals surface area contributed by atoms with Gasteiger partial charge in [-0.2, -0.15) is 5.10 Å². The number of nitrogen functional groups attached to an aromatic ring is 1. The summed E-state index contributed by atoms with van der Waals surface area (Å²) in [5, 5.41) is 6.85. The predicted molar refractivity (Wildman–Crippen MR) is 53.4 cm³/mol. The highest BCUT2D eigenvalue weighted by Crippen LogP contribution is 2.30. The Morgan fingerprint density at radius 3 is 2.46 bits per heavy atom. The van der Waals surface area contributed by atoms with E-state index in [1.54, 1.807) is 0 Å². The van der Waals surface area contributed by atoms with Gasteiger partial charge in [0.1, 0.15) is 5.82 Å². The molecule has 3 N–H and O–H groups in total. The number of aromatic nitrogens is 2. The van der Waals surface area contributed by atoms with Gasteiger partial charge in [-0.1, -0.05) is 41.9 Å². The molecule has 4 heteroatoms.